The Morgan fingerprint density at radius 3 is 2.64 bits per heavy atom. The summed E-state index contributed by atoms with van der Waals surface area (Å²) in [5.41, 5.74) is 0. The molecule has 1 rings (SSSR count). The summed E-state index contributed by atoms with van der Waals surface area (Å²) in [4.78, 5) is 0. The molecule has 0 spiro atoms. The Morgan fingerprint density at radius 2 is 2.27 bits per heavy atom. The zero-order valence-electron chi connectivity index (χ0n) is 7.16. The summed E-state index contributed by atoms with van der Waals surface area (Å²) in [5, 5.41) is 8.92. The molecule has 0 aromatic heterocycles. The van der Waals surface area contributed by atoms with E-state index in [1.807, 2.05) is 0 Å². The number of aliphatic hydroxyl groups is 1. The van der Waals surface area contributed by atoms with Crippen LogP contribution >= 0.6 is 0 Å². The van der Waals surface area contributed by atoms with Crippen LogP contribution in [0.3, 0.4) is 0 Å². The van der Waals surface area contributed by atoms with Gasteiger partial charge in [0.2, 0.25) is 0 Å². The molecule has 0 amide bonds. The van der Waals surface area contributed by atoms with Crippen LogP contribution in [0.2, 0.25) is 0 Å². The van der Waals surface area contributed by atoms with Gasteiger partial charge in [-0.1, -0.05) is 13.8 Å². The molecular formula is C8H15BO2. The highest BCUT2D eigenvalue weighted by atomic mass is 16.5. The van der Waals surface area contributed by atoms with Gasteiger partial charge in [0.05, 0.1) is 12.7 Å². The maximum absolute atomic E-state index is 8.92. The van der Waals surface area contributed by atoms with Crippen LogP contribution < -0.4 is 0 Å². The Bertz CT molecular complexity index is 127. The van der Waals surface area contributed by atoms with E-state index in [2.05, 4.69) is 13.8 Å². The van der Waals surface area contributed by atoms with Gasteiger partial charge >= 0.3 is 0 Å². The molecule has 11 heavy (non-hydrogen) atoms. The molecule has 1 unspecified atom stereocenters. The molecular weight excluding hydrogens is 139 g/mol. The summed E-state index contributed by atoms with van der Waals surface area (Å²) < 4.78 is 5.31. The van der Waals surface area contributed by atoms with Crippen LogP contribution in [0.1, 0.15) is 20.3 Å². The van der Waals surface area contributed by atoms with E-state index < -0.39 is 0 Å². The number of hydrogen-bond acceptors (Lipinski definition) is 2. The molecule has 1 heterocycles. The summed E-state index contributed by atoms with van der Waals surface area (Å²) >= 11 is 0. The van der Waals surface area contributed by atoms with Crippen molar-refractivity contribution >= 4 is 7.85 Å². The summed E-state index contributed by atoms with van der Waals surface area (Å²) in [6.07, 6.45) is 0.841. The van der Waals surface area contributed by atoms with E-state index in [1.54, 1.807) is 0 Å². The van der Waals surface area contributed by atoms with Gasteiger partial charge in [-0.05, 0) is 18.3 Å². The number of hydrogen-bond donors (Lipinski definition) is 1. The highest BCUT2D eigenvalue weighted by Crippen LogP contribution is 2.30. The number of rotatable bonds is 2. The van der Waals surface area contributed by atoms with E-state index in [9.17, 15) is 0 Å². The molecule has 62 valence electrons. The largest absolute Gasteiger partial charge is 0.394 e. The molecule has 0 bridgehead atoms. The first-order valence-electron chi connectivity index (χ1n) is 4.17. The van der Waals surface area contributed by atoms with Crippen LogP contribution in [0, 0.1) is 11.8 Å². The monoisotopic (exact) mass is 154 g/mol. The lowest BCUT2D eigenvalue weighted by molar-refractivity contribution is 0.0187. The maximum atomic E-state index is 8.92. The topological polar surface area (TPSA) is 29.5 Å². The summed E-state index contributed by atoms with van der Waals surface area (Å²) in [5.74, 6) is 0.968. The van der Waals surface area contributed by atoms with Gasteiger partial charge in [-0.3, -0.25) is 0 Å². The van der Waals surface area contributed by atoms with E-state index in [0.717, 1.165) is 6.42 Å². The molecule has 3 atom stereocenters. The van der Waals surface area contributed by atoms with Crippen molar-refractivity contribution in [3.63, 3.8) is 0 Å². The average Bonchev–Trinajstić information content (AvgIpc) is 2.30. The van der Waals surface area contributed by atoms with Crippen LogP contribution in [0.5, 0.6) is 0 Å². The van der Waals surface area contributed by atoms with Crippen LogP contribution in [0.15, 0.2) is 0 Å². The molecule has 1 aliphatic rings. The molecule has 3 heteroatoms. The SMILES string of the molecule is [B][C@@H]1C[C@@H](C(C)C)C(CO)O1. The second-order valence-corrected chi connectivity index (χ2v) is 3.54. The lowest BCUT2D eigenvalue weighted by atomic mass is 9.84. The van der Waals surface area contributed by atoms with Crippen LogP contribution in [-0.2, 0) is 4.74 Å². The number of aliphatic hydroxyl groups excluding tert-OH is 1. The third kappa shape index (κ3) is 1.97. The normalized spacial score (nSPS) is 38.4. The van der Waals surface area contributed by atoms with E-state index in [1.165, 1.54) is 0 Å². The Hall–Kier alpha value is -0.0151. The Labute approximate surface area is 69.3 Å². The summed E-state index contributed by atoms with van der Waals surface area (Å²) in [6, 6.07) is -0.167. The van der Waals surface area contributed by atoms with E-state index in [4.69, 9.17) is 17.7 Å². The lowest BCUT2D eigenvalue weighted by Gasteiger charge is -2.19. The van der Waals surface area contributed by atoms with Crippen LogP contribution in [0.4, 0.5) is 0 Å². The molecule has 2 nitrogen and oxygen atoms in total. The fourth-order valence-electron chi connectivity index (χ4n) is 1.68. The highest BCUT2D eigenvalue weighted by molar-refractivity contribution is 6.11. The Balaban J connectivity index is 2.50. The third-order valence-corrected chi connectivity index (χ3v) is 2.37. The Kier molecular flexibility index (Phi) is 2.96. The lowest BCUT2D eigenvalue weighted by Crippen LogP contribution is -2.24. The molecule has 1 fully saturated rings. The maximum Gasteiger partial charge on any atom is 0.109 e. The van der Waals surface area contributed by atoms with Crippen molar-refractivity contribution in [2.24, 2.45) is 11.8 Å². The minimum atomic E-state index is -0.167. The first kappa shape index (κ1) is 9.08. The standard InChI is InChI=1S/C8H15BO2/c1-5(2)6-3-8(9)11-7(6)4-10/h5-8,10H,3-4H2,1-2H3/t6-,7?,8-/m0/s1. The quantitative estimate of drug-likeness (QED) is 0.588. The molecule has 1 N–H and O–H groups in total. The predicted molar refractivity (Wildman–Crippen MR) is 44.4 cm³/mol. The molecule has 0 saturated carbocycles. The van der Waals surface area contributed by atoms with Crippen LogP contribution in [-0.4, -0.2) is 31.7 Å². The van der Waals surface area contributed by atoms with Gasteiger partial charge in [-0.15, -0.1) is 0 Å². The van der Waals surface area contributed by atoms with Gasteiger partial charge in [0, 0.05) is 6.00 Å². The van der Waals surface area contributed by atoms with Crippen LogP contribution in [0.25, 0.3) is 0 Å². The van der Waals surface area contributed by atoms with Gasteiger partial charge in [0.25, 0.3) is 0 Å². The van der Waals surface area contributed by atoms with Crippen molar-refractivity contribution in [3.8, 4) is 0 Å². The van der Waals surface area contributed by atoms with Crippen molar-refractivity contribution in [3.05, 3.63) is 0 Å². The van der Waals surface area contributed by atoms with Gasteiger partial charge in [0.15, 0.2) is 0 Å². The van der Waals surface area contributed by atoms with Crippen molar-refractivity contribution in [1.29, 1.82) is 0 Å². The predicted octanol–water partition coefficient (Wildman–Crippen LogP) is 0.534. The molecule has 1 saturated heterocycles. The van der Waals surface area contributed by atoms with E-state index >= 15 is 0 Å². The minimum Gasteiger partial charge on any atom is -0.394 e. The van der Waals surface area contributed by atoms with Gasteiger partial charge in [-0.2, -0.15) is 0 Å². The average molecular weight is 154 g/mol. The van der Waals surface area contributed by atoms with Crippen molar-refractivity contribution < 1.29 is 9.84 Å². The fourth-order valence-corrected chi connectivity index (χ4v) is 1.68. The van der Waals surface area contributed by atoms with Crippen molar-refractivity contribution in [2.45, 2.75) is 32.4 Å². The van der Waals surface area contributed by atoms with Crippen molar-refractivity contribution in [1.82, 2.24) is 0 Å². The van der Waals surface area contributed by atoms with Gasteiger partial charge in [0.1, 0.15) is 7.85 Å². The molecule has 0 aliphatic carbocycles. The van der Waals surface area contributed by atoms with Crippen molar-refractivity contribution in [2.75, 3.05) is 6.61 Å². The zero-order valence-corrected chi connectivity index (χ0v) is 7.16. The number of ether oxygens (including phenoxy) is 1. The second-order valence-electron chi connectivity index (χ2n) is 3.54. The molecule has 1 aliphatic heterocycles. The summed E-state index contributed by atoms with van der Waals surface area (Å²) in [6.45, 7) is 4.36. The second kappa shape index (κ2) is 3.59. The molecule has 0 aromatic rings. The minimum absolute atomic E-state index is 0.0370. The molecule has 0 aromatic carbocycles. The fraction of sp³-hybridized carbons (Fsp3) is 1.00. The summed E-state index contributed by atoms with van der Waals surface area (Å²) in [7, 11) is 5.60. The first-order valence-corrected chi connectivity index (χ1v) is 4.17. The van der Waals surface area contributed by atoms with Gasteiger partial charge in [-0.25, -0.2) is 0 Å². The zero-order chi connectivity index (χ0) is 8.43. The Morgan fingerprint density at radius 1 is 1.64 bits per heavy atom. The van der Waals surface area contributed by atoms with E-state index in [0.29, 0.717) is 11.8 Å². The van der Waals surface area contributed by atoms with Gasteiger partial charge < -0.3 is 9.84 Å². The molecule has 2 radical (unpaired) electrons. The smallest absolute Gasteiger partial charge is 0.109 e. The van der Waals surface area contributed by atoms with E-state index in [-0.39, 0.29) is 18.7 Å². The highest BCUT2D eigenvalue weighted by Gasteiger charge is 2.33. The third-order valence-electron chi connectivity index (χ3n) is 2.37. The first-order chi connectivity index (χ1) is 5.15.